The van der Waals surface area contributed by atoms with Crippen LogP contribution in [0.1, 0.15) is 84.8 Å². The van der Waals surface area contributed by atoms with Gasteiger partial charge in [-0.25, -0.2) is 5.26 Å². The molecule has 4 rings (SSSR count). The average molecular weight is 712 g/mol. The predicted octanol–water partition coefficient (Wildman–Crippen LogP) is 8.53. The van der Waals surface area contributed by atoms with Crippen molar-refractivity contribution in [2.24, 2.45) is 0 Å². The molecule has 0 atom stereocenters. The molecule has 2 aliphatic heterocycles. The molecule has 0 aliphatic carbocycles. The second-order valence-corrected chi connectivity index (χ2v) is 15.6. The Morgan fingerprint density at radius 3 is 2.45 bits per heavy atom. The number of rotatable bonds is 16. The monoisotopic (exact) mass is 711 g/mol. The van der Waals surface area contributed by atoms with Crippen LogP contribution in [0, 0.1) is 0 Å². The topological polar surface area (TPSA) is 137 Å². The largest absolute Gasteiger partial charge is 0.481 e. The van der Waals surface area contributed by atoms with Crippen LogP contribution in [-0.2, 0) is 35.1 Å². The van der Waals surface area contributed by atoms with Gasteiger partial charge in [-0.05, 0) is 75.6 Å². The van der Waals surface area contributed by atoms with E-state index in [0.717, 1.165) is 64.5 Å². The van der Waals surface area contributed by atoms with Crippen LogP contribution in [0.3, 0.4) is 0 Å². The number of unbranched alkanes of at least 4 members (excludes halogenated alkanes) is 2. The predicted molar refractivity (Wildman–Crippen MR) is 193 cm³/mol. The Balaban J connectivity index is 1.60. The van der Waals surface area contributed by atoms with Crippen LogP contribution in [0.5, 0.6) is 0 Å². The molecule has 0 spiro atoms. The fourth-order valence-electron chi connectivity index (χ4n) is 6.56. The van der Waals surface area contributed by atoms with Crippen LogP contribution in [-0.4, -0.2) is 52.7 Å². The standard InChI is InChI=1S/C37H46N2O8S2/c1-7-8-22-38-31-20-18-27(48-47-46-42)24-29(31)36(3,4)33(38)15-11-13-26(2)14-12-16-34-37(5,6)30-25-28(49(43,44)45)19-21-32(30)39(34)23-10-9-17-35(40)41/h11-16,18-21,24-25H,7-10,17,22-23H2,1-6H3,(H2-,40,41,42,43,44,45)/p+1. The molecule has 0 saturated heterocycles. The van der Waals surface area contributed by atoms with E-state index in [1.54, 1.807) is 6.07 Å². The number of anilines is 1. The summed E-state index contributed by atoms with van der Waals surface area (Å²) in [5.41, 5.74) is 6.25. The first kappa shape index (κ1) is 38.3. The number of carboxylic acid groups (broad SMARTS) is 1. The van der Waals surface area contributed by atoms with E-state index in [-0.39, 0.29) is 16.7 Å². The number of allylic oxidation sites excluding steroid dienone is 8. The number of carboxylic acids is 1. The molecule has 0 bridgehead atoms. The van der Waals surface area contributed by atoms with Crippen LogP contribution in [0.25, 0.3) is 0 Å². The Labute approximate surface area is 294 Å². The smallest absolute Gasteiger partial charge is 0.303 e. The Morgan fingerprint density at radius 1 is 1.02 bits per heavy atom. The number of carbonyl (C=O) groups is 1. The summed E-state index contributed by atoms with van der Waals surface area (Å²) in [6.07, 6.45) is 15.7. The van der Waals surface area contributed by atoms with Gasteiger partial charge in [-0.1, -0.05) is 62.1 Å². The van der Waals surface area contributed by atoms with Gasteiger partial charge in [0.05, 0.1) is 22.4 Å². The van der Waals surface area contributed by atoms with Crippen molar-refractivity contribution in [3.8, 4) is 0 Å². The van der Waals surface area contributed by atoms with Crippen molar-refractivity contribution in [2.45, 2.75) is 94.3 Å². The van der Waals surface area contributed by atoms with Gasteiger partial charge in [-0.3, -0.25) is 9.35 Å². The van der Waals surface area contributed by atoms with Crippen LogP contribution in [0.4, 0.5) is 11.4 Å². The first-order valence-corrected chi connectivity index (χ1v) is 18.6. The Morgan fingerprint density at radius 2 is 1.78 bits per heavy atom. The van der Waals surface area contributed by atoms with Crippen molar-refractivity contribution in [1.29, 1.82) is 0 Å². The van der Waals surface area contributed by atoms with E-state index in [2.05, 4.69) is 70.0 Å². The molecule has 10 nitrogen and oxygen atoms in total. The maximum atomic E-state index is 11.9. The van der Waals surface area contributed by atoms with Gasteiger partial charge in [0, 0.05) is 58.8 Å². The normalized spacial score (nSPS) is 17.9. The summed E-state index contributed by atoms with van der Waals surface area (Å²) in [7, 11) is -4.37. The fraction of sp³-hybridized carbons (Fsp3) is 0.405. The minimum atomic E-state index is -4.37. The van der Waals surface area contributed by atoms with Gasteiger partial charge >= 0.3 is 5.97 Å². The van der Waals surface area contributed by atoms with Gasteiger partial charge in [0.15, 0.2) is 5.71 Å². The summed E-state index contributed by atoms with van der Waals surface area (Å²) in [4.78, 5) is 13.9. The summed E-state index contributed by atoms with van der Waals surface area (Å²) < 4.78 is 40.6. The molecule has 12 heteroatoms. The van der Waals surface area contributed by atoms with Crippen molar-refractivity contribution in [1.82, 2.24) is 0 Å². The summed E-state index contributed by atoms with van der Waals surface area (Å²) in [6, 6.07) is 10.7. The van der Waals surface area contributed by atoms with Crippen LogP contribution in [0.15, 0.2) is 93.9 Å². The molecule has 0 radical (unpaired) electrons. The summed E-state index contributed by atoms with van der Waals surface area (Å²) in [5, 5.41) is 21.5. The van der Waals surface area contributed by atoms with Crippen LogP contribution in [0.2, 0.25) is 0 Å². The Bertz CT molecular complexity index is 1820. The molecule has 0 unspecified atom stereocenters. The first-order valence-electron chi connectivity index (χ1n) is 16.4. The van der Waals surface area contributed by atoms with E-state index in [9.17, 15) is 17.8 Å². The third-order valence-electron chi connectivity index (χ3n) is 9.17. The summed E-state index contributed by atoms with van der Waals surface area (Å²) in [6.45, 7) is 14.1. The summed E-state index contributed by atoms with van der Waals surface area (Å²) >= 11 is 0.951. The van der Waals surface area contributed by atoms with Gasteiger partial charge in [-0.15, -0.1) is 4.33 Å². The maximum Gasteiger partial charge on any atom is 0.303 e. The maximum absolute atomic E-state index is 11.9. The minimum Gasteiger partial charge on any atom is -0.481 e. The number of nitrogens with zero attached hydrogens (tertiary/aromatic N) is 2. The summed E-state index contributed by atoms with van der Waals surface area (Å²) in [5.74, 6) is -0.837. The molecule has 2 aromatic carbocycles. The molecule has 0 amide bonds. The average Bonchev–Trinajstić information content (AvgIpc) is 3.38. The Hall–Kier alpha value is -3.52. The van der Waals surface area contributed by atoms with Crippen molar-refractivity contribution in [3.05, 3.63) is 95.3 Å². The van der Waals surface area contributed by atoms with E-state index in [1.165, 1.54) is 23.4 Å². The fourth-order valence-corrected chi connectivity index (χ4v) is 7.46. The van der Waals surface area contributed by atoms with E-state index in [0.29, 0.717) is 19.4 Å². The molecule has 2 aromatic rings. The molecule has 2 heterocycles. The molecule has 3 N–H and O–H groups in total. The SMILES string of the molecule is CCCC[N+]1=C(/C=C/C=C(C)/C=C/C=C2/N(CCCCC(=O)O)c3ccc(S(=O)(=O)O)cc3C2(C)C)C(C)(C)c2cc(SOOO)ccc21. The van der Waals surface area contributed by atoms with Crippen molar-refractivity contribution in [3.63, 3.8) is 0 Å². The second kappa shape index (κ2) is 16.0. The van der Waals surface area contributed by atoms with Gasteiger partial charge in [-0.2, -0.15) is 13.0 Å². The van der Waals surface area contributed by atoms with Gasteiger partial charge < -0.3 is 10.0 Å². The van der Waals surface area contributed by atoms with Crippen molar-refractivity contribution in [2.75, 3.05) is 18.0 Å². The molecular formula is C37H47N2O8S2+. The quantitative estimate of drug-likeness (QED) is 0.0296. The van der Waals surface area contributed by atoms with Crippen molar-refractivity contribution >= 4 is 45.2 Å². The number of aliphatic carboxylic acids is 1. The molecule has 264 valence electrons. The highest BCUT2D eigenvalue weighted by molar-refractivity contribution is 7.94. The van der Waals surface area contributed by atoms with E-state index in [1.807, 2.05) is 45.1 Å². The number of fused-ring (bicyclic) bond motifs is 2. The van der Waals surface area contributed by atoms with E-state index >= 15 is 0 Å². The molecule has 0 fully saturated rings. The molecular weight excluding hydrogens is 665 g/mol. The molecule has 0 aromatic heterocycles. The van der Waals surface area contributed by atoms with Crippen molar-refractivity contribution < 1.29 is 42.1 Å². The highest BCUT2D eigenvalue weighted by Gasteiger charge is 2.44. The zero-order valence-corrected chi connectivity index (χ0v) is 30.6. The number of benzene rings is 2. The minimum absolute atomic E-state index is 0.0795. The van der Waals surface area contributed by atoms with Gasteiger partial charge in [0.1, 0.15) is 6.54 Å². The zero-order valence-electron chi connectivity index (χ0n) is 29.0. The lowest BCUT2D eigenvalue weighted by Gasteiger charge is -2.27. The highest BCUT2D eigenvalue weighted by Crippen LogP contribution is 2.48. The lowest BCUT2D eigenvalue weighted by atomic mass is 9.81. The van der Waals surface area contributed by atoms with E-state index < -0.39 is 21.5 Å². The lowest BCUT2D eigenvalue weighted by Crippen LogP contribution is -2.27. The molecule has 2 aliphatic rings. The number of hydrogen-bond donors (Lipinski definition) is 3. The lowest BCUT2D eigenvalue weighted by molar-refractivity contribution is -0.438. The number of hydrogen-bond acceptors (Lipinski definition) is 8. The molecule has 0 saturated carbocycles. The van der Waals surface area contributed by atoms with Gasteiger partial charge in [0.2, 0.25) is 5.69 Å². The third-order valence-corrected chi connectivity index (χ3v) is 10.6. The molecule has 49 heavy (non-hydrogen) atoms. The van der Waals surface area contributed by atoms with Crippen LogP contribution >= 0.6 is 12.0 Å². The second-order valence-electron chi connectivity index (χ2n) is 13.4. The van der Waals surface area contributed by atoms with E-state index in [4.69, 9.17) is 10.4 Å². The van der Waals surface area contributed by atoms with Crippen LogP contribution < -0.4 is 4.90 Å². The zero-order chi connectivity index (χ0) is 36.0. The Kier molecular flexibility index (Phi) is 12.5. The van der Waals surface area contributed by atoms with Gasteiger partial charge in [0.25, 0.3) is 10.1 Å². The first-order chi connectivity index (χ1) is 23.1. The highest BCUT2D eigenvalue weighted by atomic mass is 32.2. The third kappa shape index (κ3) is 8.80.